The number of carbonyl (C=O) groups excluding carboxylic acids is 1. The van der Waals surface area contributed by atoms with Crippen LogP contribution >= 0.6 is 23.6 Å². The van der Waals surface area contributed by atoms with Crippen LogP contribution < -0.4 is 15.0 Å². The highest BCUT2D eigenvalue weighted by Gasteiger charge is 2.31. The molecular weight excluding hydrogens is 364 g/mol. The molecule has 4 nitrogen and oxygen atoms in total. The van der Waals surface area contributed by atoms with Crippen molar-refractivity contribution in [3.8, 4) is 11.5 Å². The molecule has 1 fully saturated rings. The summed E-state index contributed by atoms with van der Waals surface area (Å²) in [6.07, 6.45) is 1.81. The zero-order valence-corrected chi connectivity index (χ0v) is 15.2. The first-order chi connectivity index (χ1) is 12.7. The number of nitrogens with zero attached hydrogens (tertiary/aromatic N) is 1. The number of rotatable bonds is 4. The van der Waals surface area contributed by atoms with Crippen LogP contribution in [0.15, 0.2) is 77.8 Å². The van der Waals surface area contributed by atoms with Crippen LogP contribution in [0.5, 0.6) is 11.5 Å². The van der Waals surface area contributed by atoms with E-state index in [1.807, 2.05) is 78.2 Å². The minimum Gasteiger partial charge on any atom is -0.457 e. The van der Waals surface area contributed by atoms with Crippen molar-refractivity contribution in [3.05, 3.63) is 82.7 Å². The second-order valence-corrected chi connectivity index (χ2v) is 6.92. The standard InChI is InChI=1S/C20H14N2O2S2/c23-19-18(13-17-7-4-12-26-17)21-20(25)22(19)14-8-10-16(11-9-14)24-15-5-2-1-3-6-15/h1-13H,(H,21,25)/b18-13-. The Bertz CT molecular complexity index is 965. The Morgan fingerprint density at radius 3 is 2.38 bits per heavy atom. The van der Waals surface area contributed by atoms with E-state index in [4.69, 9.17) is 17.0 Å². The highest BCUT2D eigenvalue weighted by atomic mass is 32.1. The van der Waals surface area contributed by atoms with E-state index in [0.717, 1.165) is 10.6 Å². The van der Waals surface area contributed by atoms with Crippen molar-refractivity contribution in [2.75, 3.05) is 4.90 Å². The third-order valence-corrected chi connectivity index (χ3v) is 4.89. The van der Waals surface area contributed by atoms with E-state index < -0.39 is 0 Å². The number of thiophene rings is 1. The molecule has 2 aromatic carbocycles. The molecule has 0 aliphatic carbocycles. The maximum absolute atomic E-state index is 12.7. The van der Waals surface area contributed by atoms with Crippen LogP contribution in [0.3, 0.4) is 0 Å². The van der Waals surface area contributed by atoms with Crippen LogP contribution in [-0.4, -0.2) is 11.0 Å². The largest absolute Gasteiger partial charge is 0.457 e. The van der Waals surface area contributed by atoms with E-state index >= 15 is 0 Å². The second-order valence-electron chi connectivity index (χ2n) is 5.55. The summed E-state index contributed by atoms with van der Waals surface area (Å²) in [5.41, 5.74) is 1.17. The van der Waals surface area contributed by atoms with E-state index in [1.54, 1.807) is 11.3 Å². The van der Waals surface area contributed by atoms with Crippen molar-refractivity contribution in [2.45, 2.75) is 0 Å². The molecular formula is C20H14N2O2S2. The maximum atomic E-state index is 12.7. The topological polar surface area (TPSA) is 41.6 Å². The molecule has 1 N–H and O–H groups in total. The zero-order valence-electron chi connectivity index (χ0n) is 13.6. The van der Waals surface area contributed by atoms with Gasteiger partial charge in [0.25, 0.3) is 5.91 Å². The summed E-state index contributed by atoms with van der Waals surface area (Å²) in [6.45, 7) is 0. The lowest BCUT2D eigenvalue weighted by Gasteiger charge is -2.14. The summed E-state index contributed by atoms with van der Waals surface area (Å²) in [6, 6.07) is 20.7. The molecule has 3 aromatic rings. The van der Waals surface area contributed by atoms with Gasteiger partial charge in [-0.25, -0.2) is 0 Å². The molecule has 1 aromatic heterocycles. The van der Waals surface area contributed by atoms with Gasteiger partial charge in [0.2, 0.25) is 0 Å². The summed E-state index contributed by atoms with van der Waals surface area (Å²) in [5.74, 6) is 1.29. The summed E-state index contributed by atoms with van der Waals surface area (Å²) in [4.78, 5) is 15.2. The van der Waals surface area contributed by atoms with Gasteiger partial charge in [-0.15, -0.1) is 11.3 Å². The van der Waals surface area contributed by atoms with Crippen molar-refractivity contribution in [2.24, 2.45) is 0 Å². The van der Waals surface area contributed by atoms with Crippen molar-refractivity contribution in [1.29, 1.82) is 0 Å². The highest BCUT2D eigenvalue weighted by Crippen LogP contribution is 2.27. The zero-order chi connectivity index (χ0) is 17.9. The Morgan fingerprint density at radius 1 is 0.962 bits per heavy atom. The van der Waals surface area contributed by atoms with Crippen LogP contribution in [0.25, 0.3) is 6.08 Å². The van der Waals surface area contributed by atoms with Gasteiger partial charge in [0.05, 0.1) is 5.69 Å². The minimum atomic E-state index is -0.167. The van der Waals surface area contributed by atoms with Gasteiger partial charge in [-0.2, -0.15) is 0 Å². The third kappa shape index (κ3) is 3.37. The summed E-state index contributed by atoms with van der Waals surface area (Å²) in [7, 11) is 0. The Kier molecular flexibility index (Phi) is 4.51. The molecule has 0 bridgehead atoms. The smallest absolute Gasteiger partial charge is 0.281 e. The normalized spacial score (nSPS) is 15.4. The van der Waals surface area contributed by atoms with Gasteiger partial charge in [-0.1, -0.05) is 24.3 Å². The van der Waals surface area contributed by atoms with Gasteiger partial charge in [-0.05, 0) is 66.1 Å². The number of thiocarbonyl (C=S) groups is 1. The molecule has 0 radical (unpaired) electrons. The first kappa shape index (κ1) is 16.5. The predicted octanol–water partition coefficient (Wildman–Crippen LogP) is 4.80. The lowest BCUT2D eigenvalue weighted by atomic mass is 10.2. The number of para-hydroxylation sites is 1. The highest BCUT2D eigenvalue weighted by molar-refractivity contribution is 7.80. The number of carbonyl (C=O) groups is 1. The average molecular weight is 378 g/mol. The number of nitrogens with one attached hydrogen (secondary N) is 1. The molecule has 128 valence electrons. The molecule has 1 aliphatic rings. The monoisotopic (exact) mass is 378 g/mol. The molecule has 4 rings (SSSR count). The van der Waals surface area contributed by atoms with Gasteiger partial charge < -0.3 is 10.1 Å². The third-order valence-electron chi connectivity index (χ3n) is 3.78. The fourth-order valence-corrected chi connectivity index (χ4v) is 3.53. The van der Waals surface area contributed by atoms with Gasteiger partial charge in [-0.3, -0.25) is 9.69 Å². The molecule has 0 spiro atoms. The molecule has 1 saturated heterocycles. The van der Waals surface area contributed by atoms with Crippen molar-refractivity contribution in [3.63, 3.8) is 0 Å². The first-order valence-corrected chi connectivity index (χ1v) is 9.23. The van der Waals surface area contributed by atoms with Gasteiger partial charge in [0.15, 0.2) is 5.11 Å². The van der Waals surface area contributed by atoms with Crippen LogP contribution in [-0.2, 0) is 4.79 Å². The van der Waals surface area contributed by atoms with E-state index in [-0.39, 0.29) is 5.91 Å². The summed E-state index contributed by atoms with van der Waals surface area (Å²) >= 11 is 6.90. The van der Waals surface area contributed by atoms with E-state index in [2.05, 4.69) is 5.32 Å². The Hall–Kier alpha value is -2.96. The van der Waals surface area contributed by atoms with Crippen molar-refractivity contribution >= 4 is 46.3 Å². The molecule has 0 atom stereocenters. The predicted molar refractivity (Wildman–Crippen MR) is 108 cm³/mol. The van der Waals surface area contributed by atoms with Gasteiger partial charge >= 0.3 is 0 Å². The van der Waals surface area contributed by atoms with Crippen LogP contribution in [0.1, 0.15) is 4.88 Å². The average Bonchev–Trinajstić information content (AvgIpc) is 3.26. The number of benzene rings is 2. The fraction of sp³-hybridized carbons (Fsp3) is 0. The number of amides is 1. The van der Waals surface area contributed by atoms with Crippen LogP contribution in [0.2, 0.25) is 0 Å². The minimum absolute atomic E-state index is 0.167. The SMILES string of the molecule is O=C1/C(=C/c2cccs2)NC(=S)N1c1ccc(Oc2ccccc2)cc1. The number of hydrogen-bond acceptors (Lipinski definition) is 4. The molecule has 1 aliphatic heterocycles. The molecule has 2 heterocycles. The number of ether oxygens (including phenoxy) is 1. The van der Waals surface area contributed by atoms with Crippen LogP contribution in [0.4, 0.5) is 5.69 Å². The Balaban J connectivity index is 1.54. The van der Waals surface area contributed by atoms with E-state index in [1.165, 1.54) is 4.90 Å². The Labute approximate surface area is 160 Å². The van der Waals surface area contributed by atoms with Gasteiger partial charge in [0.1, 0.15) is 17.2 Å². The second kappa shape index (κ2) is 7.11. The van der Waals surface area contributed by atoms with E-state index in [9.17, 15) is 4.79 Å². The molecule has 1 amide bonds. The fourth-order valence-electron chi connectivity index (χ4n) is 2.57. The maximum Gasteiger partial charge on any atom is 0.281 e. The van der Waals surface area contributed by atoms with Crippen molar-refractivity contribution < 1.29 is 9.53 Å². The Morgan fingerprint density at radius 2 is 1.69 bits per heavy atom. The number of anilines is 1. The number of hydrogen-bond donors (Lipinski definition) is 1. The quantitative estimate of drug-likeness (QED) is 0.523. The van der Waals surface area contributed by atoms with Crippen molar-refractivity contribution in [1.82, 2.24) is 5.32 Å². The summed E-state index contributed by atoms with van der Waals surface area (Å²) < 4.78 is 5.78. The first-order valence-electron chi connectivity index (χ1n) is 7.94. The molecule has 26 heavy (non-hydrogen) atoms. The summed E-state index contributed by atoms with van der Waals surface area (Å²) in [5, 5.41) is 5.32. The van der Waals surface area contributed by atoms with E-state index in [0.29, 0.717) is 22.2 Å². The van der Waals surface area contributed by atoms with Gasteiger partial charge in [0, 0.05) is 4.88 Å². The molecule has 0 saturated carbocycles. The van der Waals surface area contributed by atoms with Crippen LogP contribution in [0, 0.1) is 0 Å². The lowest BCUT2D eigenvalue weighted by molar-refractivity contribution is -0.113. The molecule has 0 unspecified atom stereocenters. The lowest BCUT2D eigenvalue weighted by Crippen LogP contribution is -2.30. The molecule has 6 heteroatoms.